The largest absolute Gasteiger partial charge is 0.369 e. The van der Waals surface area contributed by atoms with Gasteiger partial charge in [0.05, 0.1) is 17.5 Å². The molecule has 2 saturated carbocycles. The van der Waals surface area contributed by atoms with Gasteiger partial charge in [0, 0.05) is 49.6 Å². The lowest BCUT2D eigenvalue weighted by atomic mass is 9.69. The highest BCUT2D eigenvalue weighted by molar-refractivity contribution is 7.90. The summed E-state index contributed by atoms with van der Waals surface area (Å²) in [6.07, 6.45) is 3.55. The lowest BCUT2D eigenvalue weighted by molar-refractivity contribution is -0.124. The van der Waals surface area contributed by atoms with Crippen LogP contribution in [0.4, 0.5) is 5.69 Å². The predicted octanol–water partition coefficient (Wildman–Crippen LogP) is 1.52. The van der Waals surface area contributed by atoms with Crippen LogP contribution in [-0.2, 0) is 24.7 Å². The maximum atomic E-state index is 13.8. The second-order valence-corrected chi connectivity index (χ2v) is 16.1. The fourth-order valence-electron chi connectivity index (χ4n) is 6.92. The zero-order valence-electron chi connectivity index (χ0n) is 22.4. The monoisotopic (exact) mass is 554 g/mol. The molecular weight excluding hydrogens is 512 g/mol. The first-order valence-corrected chi connectivity index (χ1v) is 16.9. The van der Waals surface area contributed by atoms with Gasteiger partial charge in [-0.2, -0.15) is 4.31 Å². The number of nitrogens with two attached hydrogens (primary N) is 1. The Morgan fingerprint density at radius 3 is 2.38 bits per heavy atom. The van der Waals surface area contributed by atoms with Crippen molar-refractivity contribution < 1.29 is 21.6 Å². The van der Waals surface area contributed by atoms with Crippen molar-refractivity contribution in [3.05, 3.63) is 29.8 Å². The number of piperazine rings is 1. The van der Waals surface area contributed by atoms with Gasteiger partial charge < -0.3 is 16.0 Å². The third kappa shape index (κ3) is 5.55. The van der Waals surface area contributed by atoms with Gasteiger partial charge in [0.15, 0.2) is 0 Å². The summed E-state index contributed by atoms with van der Waals surface area (Å²) in [5.41, 5.74) is 7.50. The lowest BCUT2D eigenvalue weighted by Crippen LogP contribution is -2.57. The molecular formula is C26H42N4O5S2. The van der Waals surface area contributed by atoms with E-state index in [2.05, 4.69) is 43.1 Å². The molecule has 208 valence electrons. The highest BCUT2D eigenvalue weighted by Crippen LogP contribution is 2.66. The number of nitrogens with zero attached hydrogens (tertiary/aromatic N) is 2. The van der Waals surface area contributed by atoms with E-state index < -0.39 is 37.2 Å². The highest BCUT2D eigenvalue weighted by Gasteiger charge is 2.65. The summed E-state index contributed by atoms with van der Waals surface area (Å²) < 4.78 is 52.2. The molecule has 1 heterocycles. The third-order valence-electron chi connectivity index (χ3n) is 9.41. The van der Waals surface area contributed by atoms with Crippen LogP contribution in [0.1, 0.15) is 45.1 Å². The van der Waals surface area contributed by atoms with Gasteiger partial charge >= 0.3 is 0 Å². The number of rotatable bonds is 9. The number of amides is 1. The number of aryl methyl sites for hydroxylation is 1. The van der Waals surface area contributed by atoms with Crippen molar-refractivity contribution >= 4 is 31.5 Å². The Bertz CT molecular complexity index is 1230. The Morgan fingerprint density at radius 1 is 1.14 bits per heavy atom. The average molecular weight is 555 g/mol. The van der Waals surface area contributed by atoms with Crippen molar-refractivity contribution in [3.8, 4) is 0 Å². The van der Waals surface area contributed by atoms with E-state index in [1.54, 1.807) is 4.31 Å². The predicted molar refractivity (Wildman–Crippen MR) is 147 cm³/mol. The van der Waals surface area contributed by atoms with Crippen LogP contribution in [-0.4, -0.2) is 83.1 Å². The molecule has 0 radical (unpaired) electrons. The number of sulfone groups is 1. The van der Waals surface area contributed by atoms with Crippen molar-refractivity contribution in [2.75, 3.05) is 48.8 Å². The van der Waals surface area contributed by atoms with Gasteiger partial charge in [-0.25, -0.2) is 16.8 Å². The maximum Gasteiger partial charge on any atom is 0.237 e. The standard InChI is InChI=1S/C26H42N4O5S2/c1-19-7-5-6-8-22(19)29-12-14-30(15-13-29)37(34,35)18-26-11-9-20(25(26,2)3)17-23(26)28-24(31)21(27)10-16-36(4,32)33/h5-8,20-21,23H,9-18,27H2,1-4H3,(H,28,31)/t20?,21-,23?,26+/m0/s1. The first-order chi connectivity index (χ1) is 17.2. The van der Waals surface area contributed by atoms with Crippen LogP contribution in [0.5, 0.6) is 0 Å². The molecule has 2 unspecified atom stereocenters. The summed E-state index contributed by atoms with van der Waals surface area (Å²) >= 11 is 0. The summed E-state index contributed by atoms with van der Waals surface area (Å²) in [5, 5.41) is 3.05. The zero-order valence-corrected chi connectivity index (χ0v) is 24.1. The molecule has 3 aliphatic rings. The van der Waals surface area contributed by atoms with Crippen LogP contribution in [0.3, 0.4) is 0 Å². The molecule has 1 aliphatic heterocycles. The van der Waals surface area contributed by atoms with Crippen LogP contribution < -0.4 is 16.0 Å². The SMILES string of the molecule is Cc1ccccc1N1CCN(S(=O)(=O)C[C@]23CCC(CC2NC(=O)[C@@H](N)CCS(C)(=O)=O)C3(C)C)CC1. The van der Waals surface area contributed by atoms with E-state index in [9.17, 15) is 21.6 Å². The van der Waals surface area contributed by atoms with Gasteiger partial charge in [-0.1, -0.05) is 32.0 Å². The zero-order chi connectivity index (χ0) is 27.2. The van der Waals surface area contributed by atoms with E-state index in [1.165, 1.54) is 5.56 Å². The number of sulfonamides is 1. The minimum Gasteiger partial charge on any atom is -0.369 e. The van der Waals surface area contributed by atoms with Crippen LogP contribution in [0.25, 0.3) is 0 Å². The Kier molecular flexibility index (Phi) is 7.75. The fraction of sp³-hybridized carbons (Fsp3) is 0.731. The second kappa shape index (κ2) is 10.1. The van der Waals surface area contributed by atoms with Crippen LogP contribution in [0.2, 0.25) is 0 Å². The molecule has 2 aliphatic carbocycles. The van der Waals surface area contributed by atoms with Crippen LogP contribution in [0, 0.1) is 23.7 Å². The minimum absolute atomic E-state index is 0.00259. The summed E-state index contributed by atoms with van der Waals surface area (Å²) in [6.45, 7) is 8.47. The van der Waals surface area contributed by atoms with E-state index in [4.69, 9.17) is 5.73 Å². The molecule has 4 rings (SSSR count). The molecule has 9 nitrogen and oxygen atoms in total. The normalized spacial score (nSPS) is 28.8. The number of fused-ring (bicyclic) bond motifs is 2. The first-order valence-electron chi connectivity index (χ1n) is 13.2. The number of carbonyl (C=O) groups excluding carboxylic acids is 1. The number of benzene rings is 1. The minimum atomic E-state index is -3.57. The smallest absolute Gasteiger partial charge is 0.237 e. The van der Waals surface area contributed by atoms with Gasteiger partial charge in [0.25, 0.3) is 0 Å². The van der Waals surface area contributed by atoms with Gasteiger partial charge in [-0.15, -0.1) is 0 Å². The Hall–Kier alpha value is -1.69. The lowest BCUT2D eigenvalue weighted by Gasteiger charge is -2.44. The number of anilines is 1. The molecule has 1 amide bonds. The summed E-state index contributed by atoms with van der Waals surface area (Å²) in [6, 6.07) is 6.90. The molecule has 37 heavy (non-hydrogen) atoms. The Balaban J connectivity index is 1.46. The van der Waals surface area contributed by atoms with Crippen molar-refractivity contribution in [1.82, 2.24) is 9.62 Å². The molecule has 4 atom stereocenters. The first kappa shape index (κ1) is 28.3. The fourth-order valence-corrected chi connectivity index (χ4v) is 9.87. The number of nitrogens with one attached hydrogen (secondary N) is 1. The van der Waals surface area contributed by atoms with Crippen LogP contribution in [0.15, 0.2) is 24.3 Å². The van der Waals surface area contributed by atoms with E-state index in [0.29, 0.717) is 38.5 Å². The van der Waals surface area contributed by atoms with Crippen molar-refractivity contribution in [3.63, 3.8) is 0 Å². The Labute approximate surface area is 222 Å². The average Bonchev–Trinajstić information content (AvgIpc) is 3.17. The van der Waals surface area contributed by atoms with Gasteiger partial charge in [0.2, 0.25) is 15.9 Å². The summed E-state index contributed by atoms with van der Waals surface area (Å²) in [7, 11) is -6.80. The number of carbonyl (C=O) groups is 1. The number of hydrogen-bond acceptors (Lipinski definition) is 7. The molecule has 1 saturated heterocycles. The summed E-state index contributed by atoms with van der Waals surface area (Å²) in [5.74, 6) is -0.245. The molecule has 11 heteroatoms. The topological polar surface area (TPSA) is 130 Å². The van der Waals surface area contributed by atoms with Crippen molar-refractivity contribution in [2.24, 2.45) is 22.5 Å². The molecule has 3 fully saturated rings. The van der Waals surface area contributed by atoms with Gasteiger partial charge in [0.1, 0.15) is 9.84 Å². The molecule has 0 spiro atoms. The van der Waals surface area contributed by atoms with Crippen molar-refractivity contribution in [1.29, 1.82) is 0 Å². The van der Waals surface area contributed by atoms with E-state index in [1.807, 2.05) is 12.1 Å². The van der Waals surface area contributed by atoms with E-state index in [-0.39, 0.29) is 29.4 Å². The van der Waals surface area contributed by atoms with Crippen LogP contribution >= 0.6 is 0 Å². The quantitative estimate of drug-likeness (QED) is 0.473. The third-order valence-corrected chi connectivity index (χ3v) is 12.4. The maximum absolute atomic E-state index is 13.8. The molecule has 2 bridgehead atoms. The number of hydrogen-bond donors (Lipinski definition) is 2. The number of para-hydroxylation sites is 1. The molecule has 1 aromatic carbocycles. The van der Waals surface area contributed by atoms with E-state index >= 15 is 0 Å². The van der Waals surface area contributed by atoms with E-state index in [0.717, 1.165) is 24.8 Å². The molecule has 1 aromatic rings. The van der Waals surface area contributed by atoms with Gasteiger partial charge in [-0.05, 0) is 55.6 Å². The van der Waals surface area contributed by atoms with Crippen molar-refractivity contribution in [2.45, 2.75) is 58.5 Å². The molecule has 3 N–H and O–H groups in total. The van der Waals surface area contributed by atoms with Gasteiger partial charge in [-0.3, -0.25) is 4.79 Å². The Morgan fingerprint density at radius 2 is 1.78 bits per heavy atom. The highest BCUT2D eigenvalue weighted by atomic mass is 32.2. The summed E-state index contributed by atoms with van der Waals surface area (Å²) in [4.78, 5) is 15.2. The molecule has 0 aromatic heterocycles. The second-order valence-electron chi connectivity index (χ2n) is 11.9.